The number of hydrogen-bond acceptors (Lipinski definition) is 4. The summed E-state index contributed by atoms with van der Waals surface area (Å²) in [5.41, 5.74) is 1.78. The minimum absolute atomic E-state index is 0.216. The summed E-state index contributed by atoms with van der Waals surface area (Å²) in [5.74, 6) is 0.540. The first-order valence-corrected chi connectivity index (χ1v) is 10.9. The molecule has 0 aliphatic carbocycles. The molecular formula is C23H28O4S. The molecule has 0 saturated carbocycles. The van der Waals surface area contributed by atoms with Crippen molar-refractivity contribution in [2.45, 2.75) is 38.5 Å². The topological polar surface area (TPSA) is 60.4 Å². The lowest BCUT2D eigenvalue weighted by Gasteiger charge is -2.22. The van der Waals surface area contributed by atoms with Gasteiger partial charge < -0.3 is 9.53 Å². The molecule has 4 nitrogen and oxygen atoms in total. The van der Waals surface area contributed by atoms with E-state index in [4.69, 9.17) is 4.74 Å². The number of hydrogen-bond donors (Lipinski definition) is 0. The summed E-state index contributed by atoms with van der Waals surface area (Å²) >= 11 is 0. The van der Waals surface area contributed by atoms with Gasteiger partial charge in [0.2, 0.25) is 0 Å². The number of ether oxygens (including phenoxy) is 1. The third-order valence-electron chi connectivity index (χ3n) is 4.73. The molecule has 2 aromatic carbocycles. The third kappa shape index (κ3) is 5.55. The van der Waals surface area contributed by atoms with Crippen LogP contribution in [0.2, 0.25) is 0 Å². The second kappa shape index (κ2) is 9.20. The maximum Gasteiger partial charge on any atom is 0.179 e. The number of methoxy groups -OCH3 is 1. The van der Waals surface area contributed by atoms with E-state index in [1.165, 1.54) is 0 Å². The fourth-order valence-corrected chi connectivity index (χ4v) is 5.17. The molecule has 0 bridgehead atoms. The molecule has 150 valence electrons. The van der Waals surface area contributed by atoms with Gasteiger partial charge in [-0.1, -0.05) is 48.9 Å². The Morgan fingerprint density at radius 1 is 1.11 bits per heavy atom. The number of carbonyl (C=O) groups is 1. The SMILES string of the molecule is CC=CCC(C)(C=O)CS(=O)(=O)c1ccc(C)cc1Cc1ccc(OC)cc1. The van der Waals surface area contributed by atoms with Gasteiger partial charge in [-0.3, -0.25) is 0 Å². The average molecular weight is 401 g/mol. The van der Waals surface area contributed by atoms with Crippen LogP contribution < -0.4 is 4.74 Å². The van der Waals surface area contributed by atoms with Crippen molar-refractivity contribution < 1.29 is 17.9 Å². The van der Waals surface area contributed by atoms with Gasteiger partial charge in [-0.2, -0.15) is 0 Å². The van der Waals surface area contributed by atoms with E-state index in [-0.39, 0.29) is 5.75 Å². The summed E-state index contributed by atoms with van der Waals surface area (Å²) in [5, 5.41) is 0. The first-order valence-electron chi connectivity index (χ1n) is 9.26. The molecule has 0 fully saturated rings. The van der Waals surface area contributed by atoms with Crippen molar-refractivity contribution in [1.29, 1.82) is 0 Å². The summed E-state index contributed by atoms with van der Waals surface area (Å²) < 4.78 is 31.6. The first kappa shape index (κ1) is 21.9. The molecule has 0 saturated heterocycles. The van der Waals surface area contributed by atoms with Gasteiger partial charge in [-0.25, -0.2) is 8.42 Å². The van der Waals surface area contributed by atoms with Gasteiger partial charge in [0.15, 0.2) is 9.84 Å². The second-order valence-electron chi connectivity index (χ2n) is 7.44. The number of allylic oxidation sites excluding steroid dienone is 2. The average Bonchev–Trinajstić information content (AvgIpc) is 2.66. The summed E-state index contributed by atoms with van der Waals surface area (Å²) in [6.07, 6.45) is 5.30. The van der Waals surface area contributed by atoms with Crippen molar-refractivity contribution in [2.24, 2.45) is 5.41 Å². The summed E-state index contributed by atoms with van der Waals surface area (Å²) in [4.78, 5) is 11.9. The van der Waals surface area contributed by atoms with Crippen LogP contribution in [0.4, 0.5) is 0 Å². The zero-order valence-corrected chi connectivity index (χ0v) is 17.8. The van der Waals surface area contributed by atoms with Crippen LogP contribution in [0.15, 0.2) is 59.5 Å². The molecule has 0 heterocycles. The number of sulfone groups is 1. The minimum atomic E-state index is -3.63. The van der Waals surface area contributed by atoms with Crippen LogP contribution in [0, 0.1) is 12.3 Å². The standard InChI is InChI=1S/C23H28O4S/c1-5-6-13-23(3,16-24)17-28(25,26)22-12-7-18(2)14-20(22)15-19-8-10-21(27-4)11-9-19/h5-12,14,16H,13,15,17H2,1-4H3. The highest BCUT2D eigenvalue weighted by Gasteiger charge is 2.32. The molecule has 2 rings (SSSR count). The van der Waals surface area contributed by atoms with Gasteiger partial charge in [0.1, 0.15) is 12.0 Å². The monoisotopic (exact) mass is 400 g/mol. The van der Waals surface area contributed by atoms with Gasteiger partial charge in [0.05, 0.1) is 17.8 Å². The Labute approximate surface area is 168 Å². The highest BCUT2D eigenvalue weighted by Crippen LogP contribution is 2.29. The number of carbonyl (C=O) groups excluding carboxylic acids is 1. The van der Waals surface area contributed by atoms with E-state index in [0.29, 0.717) is 17.7 Å². The third-order valence-corrected chi connectivity index (χ3v) is 6.84. The van der Waals surface area contributed by atoms with Gasteiger partial charge in [0.25, 0.3) is 0 Å². The van der Waals surface area contributed by atoms with Crippen molar-refractivity contribution in [3.8, 4) is 5.75 Å². The van der Waals surface area contributed by atoms with Crippen LogP contribution in [0.3, 0.4) is 0 Å². The first-order chi connectivity index (χ1) is 13.2. The Morgan fingerprint density at radius 3 is 2.36 bits per heavy atom. The molecule has 0 aliphatic rings. The zero-order chi connectivity index (χ0) is 20.8. The van der Waals surface area contributed by atoms with Crippen LogP contribution >= 0.6 is 0 Å². The number of rotatable bonds is 9. The van der Waals surface area contributed by atoms with Crippen LogP contribution in [0.25, 0.3) is 0 Å². The van der Waals surface area contributed by atoms with E-state index in [9.17, 15) is 13.2 Å². The Kier molecular flexibility index (Phi) is 7.19. The summed E-state index contributed by atoms with van der Waals surface area (Å²) in [7, 11) is -2.02. The van der Waals surface area contributed by atoms with E-state index in [1.54, 1.807) is 26.2 Å². The fourth-order valence-electron chi connectivity index (χ4n) is 3.15. The van der Waals surface area contributed by atoms with Crippen LogP contribution in [-0.4, -0.2) is 27.6 Å². The molecule has 0 spiro atoms. The lowest BCUT2D eigenvalue weighted by Crippen LogP contribution is -2.29. The lowest BCUT2D eigenvalue weighted by atomic mass is 9.91. The zero-order valence-electron chi connectivity index (χ0n) is 16.9. The van der Waals surface area contributed by atoms with Crippen molar-refractivity contribution in [1.82, 2.24) is 0 Å². The molecule has 0 aromatic heterocycles. The molecule has 0 N–H and O–H groups in total. The Morgan fingerprint density at radius 2 is 1.79 bits per heavy atom. The van der Waals surface area contributed by atoms with Crippen LogP contribution in [0.5, 0.6) is 5.75 Å². The van der Waals surface area contributed by atoms with E-state index in [0.717, 1.165) is 28.7 Å². The van der Waals surface area contributed by atoms with Crippen molar-refractivity contribution in [3.05, 3.63) is 71.3 Å². The van der Waals surface area contributed by atoms with Crippen molar-refractivity contribution >= 4 is 16.1 Å². The van der Waals surface area contributed by atoms with E-state index < -0.39 is 15.3 Å². The Bertz CT molecular complexity index is 943. The predicted octanol–water partition coefficient (Wildman–Crippen LogP) is 4.54. The van der Waals surface area contributed by atoms with Crippen LogP contribution in [0.1, 0.15) is 37.0 Å². The molecule has 2 aromatic rings. The summed E-state index contributed by atoms with van der Waals surface area (Å²) in [6.45, 7) is 5.48. The van der Waals surface area contributed by atoms with E-state index in [1.807, 2.05) is 56.3 Å². The lowest BCUT2D eigenvalue weighted by molar-refractivity contribution is -0.114. The molecular weight excluding hydrogens is 372 g/mol. The number of aldehydes is 1. The quantitative estimate of drug-likeness (QED) is 0.458. The maximum atomic E-state index is 13.2. The Balaban J connectivity index is 2.39. The molecule has 28 heavy (non-hydrogen) atoms. The smallest absolute Gasteiger partial charge is 0.179 e. The molecule has 0 radical (unpaired) electrons. The number of aryl methyl sites for hydroxylation is 1. The maximum absolute atomic E-state index is 13.2. The fraction of sp³-hybridized carbons (Fsp3) is 0.348. The highest BCUT2D eigenvalue weighted by atomic mass is 32.2. The largest absolute Gasteiger partial charge is 0.497 e. The minimum Gasteiger partial charge on any atom is -0.497 e. The van der Waals surface area contributed by atoms with Gasteiger partial charge in [0, 0.05) is 5.41 Å². The number of benzene rings is 2. The van der Waals surface area contributed by atoms with Crippen molar-refractivity contribution in [2.75, 3.05) is 12.9 Å². The molecule has 0 aliphatic heterocycles. The van der Waals surface area contributed by atoms with Crippen molar-refractivity contribution in [3.63, 3.8) is 0 Å². The second-order valence-corrected chi connectivity index (χ2v) is 9.40. The van der Waals surface area contributed by atoms with Gasteiger partial charge in [-0.05, 0) is 56.0 Å². The predicted molar refractivity (Wildman–Crippen MR) is 113 cm³/mol. The van der Waals surface area contributed by atoms with Crippen LogP contribution in [-0.2, 0) is 21.1 Å². The molecule has 5 heteroatoms. The highest BCUT2D eigenvalue weighted by molar-refractivity contribution is 7.91. The van der Waals surface area contributed by atoms with Gasteiger partial charge in [-0.15, -0.1) is 0 Å². The normalized spacial score (nSPS) is 14.0. The summed E-state index contributed by atoms with van der Waals surface area (Å²) in [6, 6.07) is 12.9. The molecule has 1 unspecified atom stereocenters. The van der Waals surface area contributed by atoms with Gasteiger partial charge >= 0.3 is 0 Å². The molecule has 0 amide bonds. The van der Waals surface area contributed by atoms with E-state index in [2.05, 4.69) is 0 Å². The van der Waals surface area contributed by atoms with E-state index >= 15 is 0 Å². The Hall–Kier alpha value is -2.40. The molecule has 1 atom stereocenters.